The number of aliphatic imine (C=N–C) groups is 1. The number of aryl methyl sites for hydroxylation is 2. The second-order valence-electron chi connectivity index (χ2n) is 8.20. The summed E-state index contributed by atoms with van der Waals surface area (Å²) in [5.74, 6) is -0.0915. The predicted molar refractivity (Wildman–Crippen MR) is 158 cm³/mol. The number of hydrogen-bond donors (Lipinski definition) is 2. The monoisotopic (exact) mass is 692 g/mol. The molecule has 0 atom stereocenters. The number of halogens is 2. The number of methoxy groups -OCH3 is 1. The van der Waals surface area contributed by atoms with E-state index in [1.54, 1.807) is 37.5 Å². The zero-order valence-corrected chi connectivity index (χ0v) is 24.7. The van der Waals surface area contributed by atoms with Gasteiger partial charge in [-0.3, -0.25) is 4.79 Å². The van der Waals surface area contributed by atoms with Crippen LogP contribution in [0.15, 0.2) is 62.9 Å². The van der Waals surface area contributed by atoms with E-state index in [2.05, 4.69) is 48.8 Å². The molecule has 1 heterocycles. The molecule has 0 aromatic heterocycles. The van der Waals surface area contributed by atoms with E-state index in [-0.39, 0.29) is 18.1 Å². The minimum Gasteiger partial charge on any atom is -0.493 e. The third-order valence-electron chi connectivity index (χ3n) is 5.44. The van der Waals surface area contributed by atoms with Gasteiger partial charge in [-0.1, -0.05) is 28.1 Å². The summed E-state index contributed by atoms with van der Waals surface area (Å²) in [4.78, 5) is 28.8. The first-order valence-electron chi connectivity index (χ1n) is 11.0. The highest BCUT2D eigenvalue weighted by Crippen LogP contribution is 2.37. The number of aromatic carboxylic acids is 1. The van der Waals surface area contributed by atoms with Gasteiger partial charge in [0.15, 0.2) is 16.7 Å². The number of rotatable bonds is 7. The molecule has 3 aromatic carbocycles. The highest BCUT2D eigenvalue weighted by molar-refractivity contribution is 14.1. The number of amidine groups is 1. The van der Waals surface area contributed by atoms with E-state index in [9.17, 15) is 9.59 Å². The van der Waals surface area contributed by atoms with Crippen molar-refractivity contribution >= 4 is 79.1 Å². The van der Waals surface area contributed by atoms with Gasteiger partial charge in [0.25, 0.3) is 5.91 Å². The molecule has 1 fully saturated rings. The average Bonchev–Trinajstić information content (AvgIpc) is 3.19. The van der Waals surface area contributed by atoms with Crippen LogP contribution in [0.1, 0.15) is 32.6 Å². The van der Waals surface area contributed by atoms with E-state index in [4.69, 9.17) is 14.6 Å². The first kappa shape index (κ1) is 27.2. The molecule has 0 spiro atoms. The van der Waals surface area contributed by atoms with Crippen molar-refractivity contribution < 1.29 is 24.2 Å². The minimum absolute atomic E-state index is 0.214. The number of carbonyl (C=O) groups is 2. The molecule has 0 bridgehead atoms. The highest BCUT2D eigenvalue weighted by Gasteiger charge is 2.24. The lowest BCUT2D eigenvalue weighted by atomic mass is 10.1. The molecule has 190 valence electrons. The van der Waals surface area contributed by atoms with E-state index >= 15 is 0 Å². The lowest BCUT2D eigenvalue weighted by molar-refractivity contribution is -0.115. The van der Waals surface area contributed by atoms with Crippen LogP contribution >= 0.6 is 50.3 Å². The molecule has 7 nitrogen and oxygen atoms in total. The maximum atomic E-state index is 12.6. The smallest absolute Gasteiger partial charge is 0.335 e. The topological polar surface area (TPSA) is 97.2 Å². The number of carbonyl (C=O) groups excluding carboxylic acids is 1. The van der Waals surface area contributed by atoms with Crippen molar-refractivity contribution in [2.75, 3.05) is 7.11 Å². The maximum absolute atomic E-state index is 12.6. The molecule has 0 unspecified atom stereocenters. The van der Waals surface area contributed by atoms with Crippen LogP contribution in [-0.4, -0.2) is 29.3 Å². The van der Waals surface area contributed by atoms with Gasteiger partial charge in [0.2, 0.25) is 0 Å². The van der Waals surface area contributed by atoms with E-state index in [1.807, 2.05) is 38.1 Å². The van der Waals surface area contributed by atoms with Crippen LogP contribution in [-0.2, 0) is 11.4 Å². The third kappa shape index (κ3) is 6.55. The van der Waals surface area contributed by atoms with Gasteiger partial charge >= 0.3 is 5.97 Å². The Morgan fingerprint density at radius 2 is 1.84 bits per heavy atom. The number of benzene rings is 3. The minimum atomic E-state index is -0.973. The number of nitrogens with one attached hydrogen (secondary N) is 1. The predicted octanol–water partition coefficient (Wildman–Crippen LogP) is 6.85. The van der Waals surface area contributed by atoms with E-state index in [0.717, 1.165) is 36.0 Å². The fourth-order valence-electron chi connectivity index (χ4n) is 3.60. The second-order valence-corrected chi connectivity index (χ2v) is 11.2. The van der Waals surface area contributed by atoms with Gasteiger partial charge in [-0.2, -0.15) is 0 Å². The van der Waals surface area contributed by atoms with Crippen LogP contribution < -0.4 is 14.8 Å². The van der Waals surface area contributed by atoms with Crippen LogP contribution in [0.3, 0.4) is 0 Å². The molecule has 1 amide bonds. The molecular formula is C27H22BrIN2O5S. The second kappa shape index (κ2) is 11.7. The van der Waals surface area contributed by atoms with Gasteiger partial charge in [-0.15, -0.1) is 0 Å². The molecule has 0 aliphatic carbocycles. The Labute approximate surface area is 240 Å². The van der Waals surface area contributed by atoms with Crippen LogP contribution in [0.5, 0.6) is 11.5 Å². The number of carboxylic acid groups (broad SMARTS) is 1. The fraction of sp³-hybridized carbons (Fsp3) is 0.148. The number of hydrogen-bond acceptors (Lipinski definition) is 6. The first-order chi connectivity index (χ1) is 17.6. The van der Waals surface area contributed by atoms with E-state index in [1.165, 1.54) is 11.8 Å². The van der Waals surface area contributed by atoms with Gasteiger partial charge in [0.1, 0.15) is 6.61 Å². The van der Waals surface area contributed by atoms with Crippen LogP contribution in [0.2, 0.25) is 0 Å². The number of nitrogens with zero attached hydrogens (tertiary/aromatic N) is 1. The number of carboxylic acids is 1. The normalized spacial score (nSPS) is 15.2. The largest absolute Gasteiger partial charge is 0.493 e. The molecule has 0 radical (unpaired) electrons. The van der Waals surface area contributed by atoms with Crippen molar-refractivity contribution in [1.29, 1.82) is 0 Å². The van der Waals surface area contributed by atoms with Gasteiger partial charge in [0.05, 0.1) is 26.8 Å². The summed E-state index contributed by atoms with van der Waals surface area (Å²) < 4.78 is 13.4. The average molecular weight is 693 g/mol. The Hall–Kier alpha value is -2.83. The molecule has 1 aliphatic heterocycles. The van der Waals surface area contributed by atoms with Crippen molar-refractivity contribution in [1.82, 2.24) is 5.32 Å². The summed E-state index contributed by atoms with van der Waals surface area (Å²) in [6.07, 6.45) is 1.79. The Morgan fingerprint density at radius 1 is 1.16 bits per heavy atom. The van der Waals surface area contributed by atoms with Crippen molar-refractivity contribution in [3.8, 4) is 11.5 Å². The molecular weight excluding hydrogens is 671 g/mol. The van der Waals surface area contributed by atoms with Crippen LogP contribution in [0, 0.1) is 17.4 Å². The molecule has 4 rings (SSSR count). The van der Waals surface area contributed by atoms with Gasteiger partial charge in [0, 0.05) is 4.47 Å². The summed E-state index contributed by atoms with van der Waals surface area (Å²) in [5, 5.41) is 12.4. The zero-order valence-electron chi connectivity index (χ0n) is 20.1. The molecule has 3 aromatic rings. The molecule has 2 N–H and O–H groups in total. The summed E-state index contributed by atoms with van der Waals surface area (Å²) in [7, 11) is 1.56. The lowest BCUT2D eigenvalue weighted by Crippen LogP contribution is -2.19. The highest BCUT2D eigenvalue weighted by atomic mass is 127. The summed E-state index contributed by atoms with van der Waals surface area (Å²) in [6, 6.07) is 14.2. The quantitative estimate of drug-likeness (QED) is 0.208. The zero-order chi connectivity index (χ0) is 26.7. The van der Waals surface area contributed by atoms with Crippen molar-refractivity contribution in [2.45, 2.75) is 20.5 Å². The fourth-order valence-corrected chi connectivity index (χ4v) is 5.45. The van der Waals surface area contributed by atoms with Gasteiger partial charge in [-0.25, -0.2) is 9.79 Å². The first-order valence-corrected chi connectivity index (χ1v) is 13.7. The molecule has 1 aliphatic rings. The van der Waals surface area contributed by atoms with Gasteiger partial charge < -0.3 is 19.9 Å². The Balaban J connectivity index is 1.52. The molecule has 37 heavy (non-hydrogen) atoms. The SMILES string of the molecule is COc1cc(/C=C2\SC(=Nc3cc(C)c(Br)c(C)c3)NC2=O)cc(I)c1OCc1ccc(C(=O)O)cc1. The standard InChI is InChI=1S/C27H22BrIN2O5S/c1-14-8-19(9-15(2)23(14)28)30-27-31-25(32)22(37-27)12-17-10-20(29)24(21(11-17)35-3)36-13-16-4-6-18(7-5-16)26(33)34/h4-12H,13H2,1-3H3,(H,33,34)(H,30,31,32)/b22-12-. The molecule has 1 saturated heterocycles. The van der Waals surface area contributed by atoms with E-state index in [0.29, 0.717) is 21.6 Å². The molecule has 10 heteroatoms. The maximum Gasteiger partial charge on any atom is 0.335 e. The Morgan fingerprint density at radius 3 is 2.46 bits per heavy atom. The van der Waals surface area contributed by atoms with Crippen molar-refractivity contribution in [3.05, 3.63) is 89.3 Å². The van der Waals surface area contributed by atoms with Crippen LogP contribution in [0.4, 0.5) is 5.69 Å². The van der Waals surface area contributed by atoms with Crippen LogP contribution in [0.25, 0.3) is 6.08 Å². The third-order valence-corrected chi connectivity index (χ3v) is 8.40. The Bertz CT molecular complexity index is 1430. The summed E-state index contributed by atoms with van der Waals surface area (Å²) >= 11 is 7.01. The summed E-state index contributed by atoms with van der Waals surface area (Å²) in [5.41, 5.74) is 4.76. The lowest BCUT2D eigenvalue weighted by Gasteiger charge is -2.14. The van der Waals surface area contributed by atoms with E-state index < -0.39 is 5.97 Å². The molecule has 0 saturated carbocycles. The number of amides is 1. The summed E-state index contributed by atoms with van der Waals surface area (Å²) in [6.45, 7) is 4.26. The van der Waals surface area contributed by atoms with Crippen molar-refractivity contribution in [3.63, 3.8) is 0 Å². The van der Waals surface area contributed by atoms with Crippen molar-refractivity contribution in [2.24, 2.45) is 4.99 Å². The number of ether oxygens (including phenoxy) is 2. The van der Waals surface area contributed by atoms with Gasteiger partial charge in [-0.05, 0) is 113 Å². The Kier molecular flexibility index (Phi) is 8.60. The number of thioether (sulfide) groups is 1.